The Hall–Kier alpha value is -4.06. The molecule has 4 rings (SSSR count). The number of aromatic nitrogens is 4. The molecule has 0 spiro atoms. The monoisotopic (exact) mass is 545 g/mol. The topological polar surface area (TPSA) is 74.1 Å². The average Bonchev–Trinajstić information content (AvgIpc) is 3.15. The van der Waals surface area contributed by atoms with Crippen LogP contribution in [-0.2, 0) is 13.2 Å². The van der Waals surface area contributed by atoms with Crippen LogP contribution in [0.5, 0.6) is 0 Å². The normalized spacial score (nSPS) is 11.9. The highest BCUT2D eigenvalue weighted by Gasteiger charge is 2.37. The maximum atomic E-state index is 14.9. The molecule has 0 saturated heterocycles. The van der Waals surface area contributed by atoms with Crippen LogP contribution in [0, 0.1) is 19.7 Å². The maximum Gasteiger partial charge on any atom is 0.419 e. The van der Waals surface area contributed by atoms with Gasteiger partial charge in [-0.05, 0) is 57.8 Å². The van der Waals surface area contributed by atoms with Crippen molar-refractivity contribution in [1.82, 2.24) is 24.5 Å². The predicted molar refractivity (Wildman–Crippen MR) is 143 cm³/mol. The summed E-state index contributed by atoms with van der Waals surface area (Å²) in [5.41, 5.74) is 2.79. The molecule has 0 aliphatic carbocycles. The van der Waals surface area contributed by atoms with E-state index in [4.69, 9.17) is 0 Å². The number of carbonyl (C=O) groups is 1. The van der Waals surface area contributed by atoms with E-state index in [2.05, 4.69) is 15.5 Å². The van der Waals surface area contributed by atoms with Crippen LogP contribution in [0.25, 0.3) is 16.9 Å². The van der Waals surface area contributed by atoms with E-state index in [1.165, 1.54) is 11.9 Å². The number of nitrogens with zero attached hydrogens (tertiary/aromatic N) is 5. The van der Waals surface area contributed by atoms with Crippen LogP contribution in [0.3, 0.4) is 0 Å². The number of rotatable bonds is 8. The Kier molecular flexibility index (Phi) is 7.60. The number of aryl methyl sites for hydroxylation is 2. The standard InChI is InChI=1S/C27H31F4N7O/c1-16-7-8-19(13-23(16)38-15-22(34-38)20-14-32-37(6)17(20)2)33-26(39)18-11-21(27(29,30)31)25(28)24(12-18)36(5)10-9-35(3)4/h7-8,11-15,34H,9-10H2,1-6H3,(H,33,39). The van der Waals surface area contributed by atoms with Gasteiger partial charge in [-0.2, -0.15) is 18.3 Å². The van der Waals surface area contributed by atoms with Gasteiger partial charge in [0.1, 0.15) is 0 Å². The first-order valence-corrected chi connectivity index (χ1v) is 12.2. The summed E-state index contributed by atoms with van der Waals surface area (Å²) in [5, 5.41) is 10.1. The molecule has 0 radical (unpaired) electrons. The van der Waals surface area contributed by atoms with Crippen LogP contribution in [-0.4, -0.2) is 64.6 Å². The van der Waals surface area contributed by atoms with Crippen molar-refractivity contribution in [3.05, 3.63) is 70.9 Å². The Balaban J connectivity index is 1.61. The second-order valence-electron chi connectivity index (χ2n) is 9.83. The molecular formula is C27H31F4N7O. The van der Waals surface area contributed by atoms with Gasteiger partial charge in [0.15, 0.2) is 5.82 Å². The first kappa shape index (κ1) is 28.0. The van der Waals surface area contributed by atoms with Gasteiger partial charge in [0, 0.05) is 49.7 Å². The van der Waals surface area contributed by atoms with Crippen LogP contribution in [0.15, 0.2) is 42.7 Å². The zero-order valence-corrected chi connectivity index (χ0v) is 22.6. The Labute approximate surface area is 223 Å². The summed E-state index contributed by atoms with van der Waals surface area (Å²) in [5.74, 6) is -2.19. The highest BCUT2D eigenvalue weighted by Crippen LogP contribution is 2.36. The van der Waals surface area contributed by atoms with E-state index in [9.17, 15) is 22.4 Å². The summed E-state index contributed by atoms with van der Waals surface area (Å²) < 4.78 is 59.4. The lowest BCUT2D eigenvalue weighted by Crippen LogP contribution is -2.30. The molecule has 1 amide bonds. The van der Waals surface area contributed by atoms with Crippen LogP contribution >= 0.6 is 0 Å². The Morgan fingerprint density at radius 1 is 1.10 bits per heavy atom. The van der Waals surface area contributed by atoms with Crippen LogP contribution in [0.2, 0.25) is 0 Å². The first-order valence-electron chi connectivity index (χ1n) is 12.2. The van der Waals surface area contributed by atoms with Crippen LogP contribution < -0.4 is 10.2 Å². The maximum absolute atomic E-state index is 14.9. The minimum absolute atomic E-state index is 0.268. The molecule has 0 fully saturated rings. The van der Waals surface area contributed by atoms with E-state index in [-0.39, 0.29) is 17.8 Å². The lowest BCUT2D eigenvalue weighted by molar-refractivity contribution is -0.139. The zero-order chi connectivity index (χ0) is 28.6. The number of likely N-dealkylation sites (N-methyl/N-ethyl adjacent to an activating group) is 2. The Morgan fingerprint density at radius 2 is 1.79 bits per heavy atom. The molecule has 0 unspecified atom stereocenters. The van der Waals surface area contributed by atoms with Crippen LogP contribution in [0.4, 0.5) is 28.9 Å². The number of hydrogen-bond donors (Lipinski definition) is 2. The van der Waals surface area contributed by atoms with Gasteiger partial charge < -0.3 is 15.1 Å². The second-order valence-corrected chi connectivity index (χ2v) is 9.83. The van der Waals surface area contributed by atoms with Gasteiger partial charge in [-0.15, -0.1) is 0 Å². The molecule has 2 aromatic carbocycles. The van der Waals surface area contributed by atoms with Crippen molar-refractivity contribution in [2.45, 2.75) is 20.0 Å². The fourth-order valence-corrected chi connectivity index (χ4v) is 4.12. The second kappa shape index (κ2) is 10.6. The summed E-state index contributed by atoms with van der Waals surface area (Å²) in [6, 6.07) is 6.85. The third kappa shape index (κ3) is 5.85. The molecule has 12 heteroatoms. The molecule has 2 heterocycles. The van der Waals surface area contributed by atoms with E-state index in [1.807, 2.05) is 32.0 Å². The van der Waals surface area contributed by atoms with Gasteiger partial charge in [-0.25, -0.2) is 4.39 Å². The van der Waals surface area contributed by atoms with E-state index < -0.39 is 23.5 Å². The number of benzene rings is 2. The number of anilines is 2. The lowest BCUT2D eigenvalue weighted by atomic mass is 10.1. The number of alkyl halides is 3. The summed E-state index contributed by atoms with van der Waals surface area (Å²) >= 11 is 0. The lowest BCUT2D eigenvalue weighted by Gasteiger charge is -2.24. The third-order valence-corrected chi connectivity index (χ3v) is 6.67. The SMILES string of the molecule is Cc1ccc(NC(=O)c2cc(N(C)CCN(C)C)c(F)c(C(F)(F)F)c2)cc1-n1cc(-c2cnn(C)c2C)[nH]1. The minimum atomic E-state index is -4.96. The molecule has 2 N–H and O–H groups in total. The smallest absolute Gasteiger partial charge is 0.371 e. The molecule has 0 aliphatic heterocycles. The molecule has 208 valence electrons. The van der Waals surface area contributed by atoms with E-state index >= 15 is 0 Å². The summed E-state index contributed by atoms with van der Waals surface area (Å²) in [6.07, 6.45) is -1.31. The van der Waals surface area contributed by atoms with Crippen LogP contribution in [0.1, 0.15) is 27.2 Å². The molecule has 0 bridgehead atoms. The van der Waals surface area contributed by atoms with Crippen molar-refractivity contribution in [1.29, 1.82) is 0 Å². The summed E-state index contributed by atoms with van der Waals surface area (Å²) in [6.45, 7) is 4.61. The molecule has 4 aromatic rings. The van der Waals surface area contributed by atoms with Crippen molar-refractivity contribution in [2.75, 3.05) is 44.4 Å². The fraction of sp³-hybridized carbons (Fsp3) is 0.333. The zero-order valence-electron chi connectivity index (χ0n) is 22.6. The Bertz CT molecular complexity index is 1480. The highest BCUT2D eigenvalue weighted by atomic mass is 19.4. The number of hydrogen-bond acceptors (Lipinski definition) is 4. The van der Waals surface area contributed by atoms with Crippen molar-refractivity contribution in [2.24, 2.45) is 7.05 Å². The molecule has 0 aliphatic rings. The minimum Gasteiger partial charge on any atom is -0.371 e. The van der Waals surface area contributed by atoms with Gasteiger partial charge in [0.2, 0.25) is 0 Å². The van der Waals surface area contributed by atoms with Crippen molar-refractivity contribution in [3.8, 4) is 16.9 Å². The van der Waals surface area contributed by atoms with Gasteiger partial charge in [0.25, 0.3) is 5.91 Å². The Morgan fingerprint density at radius 3 is 2.38 bits per heavy atom. The predicted octanol–water partition coefficient (Wildman–Crippen LogP) is 5.23. The van der Waals surface area contributed by atoms with E-state index in [0.29, 0.717) is 18.3 Å². The fourth-order valence-electron chi connectivity index (χ4n) is 4.12. The van der Waals surface area contributed by atoms with Gasteiger partial charge in [0.05, 0.1) is 35.0 Å². The number of H-pyrrole nitrogens is 1. The number of carbonyl (C=O) groups excluding carboxylic acids is 1. The number of aromatic amines is 1. The van der Waals surface area contributed by atoms with E-state index in [1.54, 1.807) is 47.9 Å². The average molecular weight is 546 g/mol. The van der Waals surface area contributed by atoms with E-state index in [0.717, 1.165) is 34.3 Å². The van der Waals surface area contributed by atoms with Crippen molar-refractivity contribution in [3.63, 3.8) is 0 Å². The third-order valence-electron chi connectivity index (χ3n) is 6.67. The number of halogens is 4. The number of nitrogens with one attached hydrogen (secondary N) is 2. The molecule has 0 saturated carbocycles. The quantitative estimate of drug-likeness (QED) is 0.298. The largest absolute Gasteiger partial charge is 0.419 e. The van der Waals surface area contributed by atoms with Gasteiger partial charge >= 0.3 is 6.18 Å². The van der Waals surface area contributed by atoms with Crippen molar-refractivity contribution >= 4 is 17.3 Å². The highest BCUT2D eigenvalue weighted by molar-refractivity contribution is 6.05. The molecule has 39 heavy (non-hydrogen) atoms. The first-order chi connectivity index (χ1) is 18.3. The summed E-state index contributed by atoms with van der Waals surface area (Å²) in [7, 11) is 6.95. The molecule has 0 atom stereocenters. The molecular weight excluding hydrogens is 514 g/mol. The van der Waals surface area contributed by atoms with Gasteiger partial charge in [-0.3, -0.25) is 19.3 Å². The van der Waals surface area contributed by atoms with Crippen molar-refractivity contribution < 1.29 is 22.4 Å². The van der Waals surface area contributed by atoms with Gasteiger partial charge in [-0.1, -0.05) is 6.07 Å². The number of amides is 1. The summed E-state index contributed by atoms with van der Waals surface area (Å²) in [4.78, 5) is 16.3. The molecule has 2 aromatic heterocycles. The molecule has 8 nitrogen and oxygen atoms in total.